The van der Waals surface area contributed by atoms with Crippen molar-refractivity contribution in [2.45, 2.75) is 45.6 Å². The Morgan fingerprint density at radius 1 is 1.07 bits per heavy atom. The van der Waals surface area contributed by atoms with E-state index in [0.717, 1.165) is 83.4 Å². The van der Waals surface area contributed by atoms with Crippen molar-refractivity contribution < 1.29 is 4.79 Å². The average molecular weight is 405 g/mol. The van der Waals surface area contributed by atoms with Crippen molar-refractivity contribution in [3.05, 3.63) is 12.2 Å². The topological polar surface area (TPSA) is 81.9 Å². The fourth-order valence-electron chi connectivity index (χ4n) is 4.09. The summed E-state index contributed by atoms with van der Waals surface area (Å²) in [6, 6.07) is 0. The lowest BCUT2D eigenvalue weighted by molar-refractivity contribution is -0.132. The first-order valence-electron chi connectivity index (χ1n) is 11.0. The summed E-state index contributed by atoms with van der Waals surface area (Å²) in [6.07, 6.45) is 7.47. The molecule has 2 fully saturated rings. The highest BCUT2D eigenvalue weighted by atomic mass is 16.2. The molecule has 0 saturated carbocycles. The fraction of sp³-hybridized carbons (Fsp3) is 0.800. The van der Waals surface area contributed by atoms with E-state index in [0.29, 0.717) is 12.5 Å². The predicted octanol–water partition coefficient (Wildman–Crippen LogP) is 0.436. The first kappa shape index (κ1) is 21.5. The Morgan fingerprint density at radius 2 is 1.79 bits per heavy atom. The van der Waals surface area contributed by atoms with E-state index in [1.807, 2.05) is 7.05 Å². The average Bonchev–Trinajstić information content (AvgIpc) is 3.02. The second kappa shape index (κ2) is 11.1. The summed E-state index contributed by atoms with van der Waals surface area (Å²) in [7, 11) is 1.83. The fourth-order valence-corrected chi connectivity index (χ4v) is 4.09. The first-order chi connectivity index (χ1) is 14.2. The molecular weight excluding hydrogens is 368 g/mol. The largest absolute Gasteiger partial charge is 0.354 e. The maximum atomic E-state index is 12.6. The minimum absolute atomic E-state index is 0.295. The van der Waals surface area contributed by atoms with Gasteiger partial charge in [-0.2, -0.15) is 0 Å². The van der Waals surface area contributed by atoms with E-state index in [9.17, 15) is 4.79 Å². The standard InChI is InChI=1S/C20H36N8O/c1-3-18-24-23-17-28(18)11-8-22-20(21-2)27-14-12-25(13-15-27)16-19(29)26-9-6-4-5-7-10-26/h17H,3-16H2,1-2H3,(H,21,22). The van der Waals surface area contributed by atoms with Crippen LogP contribution in [-0.2, 0) is 17.8 Å². The molecule has 29 heavy (non-hydrogen) atoms. The van der Waals surface area contributed by atoms with Crippen LogP contribution in [0.3, 0.4) is 0 Å². The molecule has 0 bridgehead atoms. The third-order valence-corrected chi connectivity index (χ3v) is 5.85. The molecule has 0 spiro atoms. The summed E-state index contributed by atoms with van der Waals surface area (Å²) < 4.78 is 2.08. The van der Waals surface area contributed by atoms with Gasteiger partial charge in [0.25, 0.3) is 0 Å². The van der Waals surface area contributed by atoms with Gasteiger partial charge in [-0.15, -0.1) is 10.2 Å². The van der Waals surface area contributed by atoms with Crippen molar-refractivity contribution in [2.75, 3.05) is 59.4 Å². The molecule has 9 nitrogen and oxygen atoms in total. The molecule has 1 aromatic heterocycles. The summed E-state index contributed by atoms with van der Waals surface area (Å²) in [5, 5.41) is 11.5. The van der Waals surface area contributed by atoms with Gasteiger partial charge >= 0.3 is 0 Å². The molecule has 3 rings (SSSR count). The van der Waals surface area contributed by atoms with Crippen LogP contribution in [0.1, 0.15) is 38.4 Å². The summed E-state index contributed by atoms with van der Waals surface area (Å²) >= 11 is 0. The third kappa shape index (κ3) is 6.16. The molecule has 3 heterocycles. The highest BCUT2D eigenvalue weighted by Crippen LogP contribution is 2.11. The maximum absolute atomic E-state index is 12.6. The van der Waals surface area contributed by atoms with Crippen LogP contribution in [0.15, 0.2) is 11.3 Å². The molecule has 162 valence electrons. The quantitative estimate of drug-likeness (QED) is 0.547. The molecule has 1 aromatic rings. The van der Waals surface area contributed by atoms with Crippen LogP contribution in [0.2, 0.25) is 0 Å². The summed E-state index contributed by atoms with van der Waals surface area (Å²) in [4.78, 5) is 23.7. The molecule has 2 aliphatic rings. The summed E-state index contributed by atoms with van der Waals surface area (Å²) in [5.41, 5.74) is 0. The molecular formula is C20H36N8O. The smallest absolute Gasteiger partial charge is 0.236 e. The summed E-state index contributed by atoms with van der Waals surface area (Å²) in [6.45, 7) is 9.67. The van der Waals surface area contributed by atoms with E-state index in [1.54, 1.807) is 6.33 Å². The first-order valence-corrected chi connectivity index (χ1v) is 11.0. The number of aromatic nitrogens is 3. The van der Waals surface area contributed by atoms with Gasteiger partial charge in [0.15, 0.2) is 5.96 Å². The monoisotopic (exact) mass is 404 g/mol. The summed E-state index contributed by atoms with van der Waals surface area (Å²) in [5.74, 6) is 2.22. The van der Waals surface area contributed by atoms with Gasteiger partial charge in [-0.05, 0) is 12.8 Å². The number of rotatable bonds is 6. The lowest BCUT2D eigenvalue weighted by atomic mass is 10.2. The molecule has 0 unspecified atom stereocenters. The van der Waals surface area contributed by atoms with Crippen LogP contribution >= 0.6 is 0 Å². The van der Waals surface area contributed by atoms with Gasteiger partial charge in [0.1, 0.15) is 12.2 Å². The molecule has 1 amide bonds. The van der Waals surface area contributed by atoms with E-state index in [2.05, 4.69) is 46.7 Å². The number of piperazine rings is 1. The lowest BCUT2D eigenvalue weighted by Crippen LogP contribution is -2.54. The van der Waals surface area contributed by atoms with Crippen molar-refractivity contribution in [1.82, 2.24) is 34.8 Å². The van der Waals surface area contributed by atoms with Gasteiger partial charge in [-0.25, -0.2) is 0 Å². The number of likely N-dealkylation sites (tertiary alicyclic amines) is 1. The van der Waals surface area contributed by atoms with Gasteiger partial charge in [-0.3, -0.25) is 14.7 Å². The van der Waals surface area contributed by atoms with Crippen LogP contribution in [0, 0.1) is 0 Å². The van der Waals surface area contributed by atoms with Gasteiger partial charge < -0.3 is 19.7 Å². The number of hydrogen-bond donors (Lipinski definition) is 1. The van der Waals surface area contributed by atoms with E-state index in [4.69, 9.17) is 0 Å². The van der Waals surface area contributed by atoms with Crippen molar-refractivity contribution in [3.63, 3.8) is 0 Å². The predicted molar refractivity (Wildman–Crippen MR) is 114 cm³/mol. The Bertz CT molecular complexity index is 657. The van der Waals surface area contributed by atoms with Crippen molar-refractivity contribution in [3.8, 4) is 0 Å². The molecule has 9 heteroatoms. The van der Waals surface area contributed by atoms with Gasteiger partial charge in [0, 0.05) is 65.8 Å². The highest BCUT2D eigenvalue weighted by Gasteiger charge is 2.23. The Kier molecular flexibility index (Phi) is 8.27. The van der Waals surface area contributed by atoms with Crippen LogP contribution in [0.5, 0.6) is 0 Å². The van der Waals surface area contributed by atoms with Crippen LogP contribution in [-0.4, -0.2) is 101 Å². The van der Waals surface area contributed by atoms with Gasteiger partial charge in [-0.1, -0.05) is 19.8 Å². The van der Waals surface area contributed by atoms with E-state index in [1.165, 1.54) is 12.8 Å². The number of guanidine groups is 1. The second-order valence-electron chi connectivity index (χ2n) is 7.83. The zero-order chi connectivity index (χ0) is 20.5. The van der Waals surface area contributed by atoms with Gasteiger partial charge in [0.05, 0.1) is 6.54 Å². The van der Waals surface area contributed by atoms with Crippen LogP contribution < -0.4 is 5.32 Å². The zero-order valence-electron chi connectivity index (χ0n) is 18.0. The minimum Gasteiger partial charge on any atom is -0.354 e. The Morgan fingerprint density at radius 3 is 2.45 bits per heavy atom. The van der Waals surface area contributed by atoms with E-state index in [-0.39, 0.29) is 0 Å². The van der Waals surface area contributed by atoms with Crippen molar-refractivity contribution in [1.29, 1.82) is 0 Å². The normalized spacial score (nSPS) is 19.3. The lowest BCUT2D eigenvalue weighted by Gasteiger charge is -2.37. The number of carbonyl (C=O) groups is 1. The minimum atomic E-state index is 0.295. The van der Waals surface area contributed by atoms with Gasteiger partial charge in [0.2, 0.25) is 5.91 Å². The maximum Gasteiger partial charge on any atom is 0.236 e. The zero-order valence-corrected chi connectivity index (χ0v) is 18.0. The number of hydrogen-bond acceptors (Lipinski definition) is 5. The van der Waals surface area contributed by atoms with Crippen molar-refractivity contribution >= 4 is 11.9 Å². The number of nitrogens with zero attached hydrogens (tertiary/aromatic N) is 7. The molecule has 1 N–H and O–H groups in total. The molecule has 0 radical (unpaired) electrons. The number of nitrogens with one attached hydrogen (secondary N) is 1. The van der Waals surface area contributed by atoms with Crippen LogP contribution in [0.25, 0.3) is 0 Å². The number of aryl methyl sites for hydroxylation is 1. The Balaban J connectivity index is 1.39. The second-order valence-corrected chi connectivity index (χ2v) is 7.83. The SMILES string of the molecule is CCc1nncn1CCNC(=NC)N1CCN(CC(=O)N2CCCCCC2)CC1. The Hall–Kier alpha value is -2.16. The highest BCUT2D eigenvalue weighted by molar-refractivity contribution is 5.80. The molecule has 2 saturated heterocycles. The van der Waals surface area contributed by atoms with Crippen molar-refractivity contribution in [2.24, 2.45) is 4.99 Å². The number of aliphatic imine (C=N–C) groups is 1. The van der Waals surface area contributed by atoms with E-state index >= 15 is 0 Å². The molecule has 2 aliphatic heterocycles. The molecule has 0 atom stereocenters. The number of amides is 1. The molecule has 0 aromatic carbocycles. The van der Waals surface area contributed by atoms with Crippen LogP contribution in [0.4, 0.5) is 0 Å². The Labute approximate surface area is 174 Å². The number of carbonyl (C=O) groups excluding carboxylic acids is 1. The van der Waals surface area contributed by atoms with E-state index < -0.39 is 0 Å². The molecule has 0 aliphatic carbocycles. The third-order valence-electron chi connectivity index (χ3n) is 5.85.